The van der Waals surface area contributed by atoms with E-state index in [1.54, 1.807) is 0 Å². The highest BCUT2D eigenvalue weighted by atomic mass is 16.3. The lowest BCUT2D eigenvalue weighted by Gasteiger charge is -2.20. The van der Waals surface area contributed by atoms with Crippen molar-refractivity contribution in [2.45, 2.75) is 64.9 Å². The lowest BCUT2D eigenvalue weighted by molar-refractivity contribution is 0.0539. The standard InChI is InChI=1S/C12H26O2/c1-3-5-6-7-9-12(14)11(10-13)8-4-2/h11-14H,3-10H2,1-2H3. The van der Waals surface area contributed by atoms with E-state index < -0.39 is 0 Å². The van der Waals surface area contributed by atoms with Gasteiger partial charge in [-0.2, -0.15) is 0 Å². The van der Waals surface area contributed by atoms with Gasteiger partial charge < -0.3 is 10.2 Å². The van der Waals surface area contributed by atoms with Crippen LogP contribution in [0.1, 0.15) is 58.8 Å². The molecule has 0 amide bonds. The van der Waals surface area contributed by atoms with Gasteiger partial charge in [-0.3, -0.25) is 0 Å². The molecule has 2 heteroatoms. The van der Waals surface area contributed by atoms with Gasteiger partial charge in [0.15, 0.2) is 0 Å². The third-order valence-electron chi connectivity index (χ3n) is 2.79. The van der Waals surface area contributed by atoms with Crippen LogP contribution in [0.5, 0.6) is 0 Å². The molecule has 0 aromatic carbocycles. The highest BCUT2D eigenvalue weighted by Crippen LogP contribution is 2.16. The van der Waals surface area contributed by atoms with Gasteiger partial charge in [-0.15, -0.1) is 0 Å². The molecule has 0 aromatic heterocycles. The molecule has 0 radical (unpaired) electrons. The number of rotatable bonds is 9. The molecule has 2 N–H and O–H groups in total. The molecule has 0 saturated heterocycles. The van der Waals surface area contributed by atoms with Crippen LogP contribution < -0.4 is 0 Å². The molecule has 0 fully saturated rings. The summed E-state index contributed by atoms with van der Waals surface area (Å²) in [5, 5.41) is 18.8. The second-order valence-corrected chi connectivity index (χ2v) is 4.15. The highest BCUT2D eigenvalue weighted by Gasteiger charge is 2.16. The van der Waals surface area contributed by atoms with Crippen molar-refractivity contribution in [2.75, 3.05) is 6.61 Å². The molecule has 14 heavy (non-hydrogen) atoms. The summed E-state index contributed by atoms with van der Waals surface area (Å²) in [6.45, 7) is 4.40. The summed E-state index contributed by atoms with van der Waals surface area (Å²) in [6.07, 6.45) is 7.32. The molecule has 0 aliphatic heterocycles. The van der Waals surface area contributed by atoms with Gasteiger partial charge in [-0.1, -0.05) is 46.0 Å². The summed E-state index contributed by atoms with van der Waals surface area (Å²) < 4.78 is 0. The molecule has 0 bridgehead atoms. The fourth-order valence-corrected chi connectivity index (χ4v) is 1.79. The van der Waals surface area contributed by atoms with E-state index in [0.717, 1.165) is 25.7 Å². The Kier molecular flexibility index (Phi) is 9.42. The molecule has 0 aromatic rings. The van der Waals surface area contributed by atoms with Gasteiger partial charge in [0.05, 0.1) is 6.10 Å². The molecule has 0 spiro atoms. The number of hydrogen-bond donors (Lipinski definition) is 2. The minimum Gasteiger partial charge on any atom is -0.396 e. The lowest BCUT2D eigenvalue weighted by Crippen LogP contribution is -2.23. The van der Waals surface area contributed by atoms with Crippen molar-refractivity contribution in [2.24, 2.45) is 5.92 Å². The fourth-order valence-electron chi connectivity index (χ4n) is 1.79. The van der Waals surface area contributed by atoms with E-state index in [-0.39, 0.29) is 18.6 Å². The van der Waals surface area contributed by atoms with Crippen molar-refractivity contribution >= 4 is 0 Å². The van der Waals surface area contributed by atoms with Crippen molar-refractivity contribution in [1.29, 1.82) is 0 Å². The lowest BCUT2D eigenvalue weighted by atomic mass is 9.94. The maximum Gasteiger partial charge on any atom is 0.0590 e. The van der Waals surface area contributed by atoms with Crippen LogP contribution in [-0.2, 0) is 0 Å². The predicted octanol–water partition coefficient (Wildman–Crippen LogP) is 2.73. The molecular formula is C12H26O2. The third-order valence-corrected chi connectivity index (χ3v) is 2.79. The van der Waals surface area contributed by atoms with Gasteiger partial charge >= 0.3 is 0 Å². The second kappa shape index (κ2) is 9.47. The first-order chi connectivity index (χ1) is 6.76. The van der Waals surface area contributed by atoms with E-state index in [1.807, 2.05) is 0 Å². The quantitative estimate of drug-likeness (QED) is 0.564. The van der Waals surface area contributed by atoms with E-state index in [4.69, 9.17) is 5.11 Å². The van der Waals surface area contributed by atoms with Crippen molar-refractivity contribution in [3.8, 4) is 0 Å². The maximum absolute atomic E-state index is 9.78. The zero-order chi connectivity index (χ0) is 10.8. The Bertz CT molecular complexity index is 115. The summed E-state index contributed by atoms with van der Waals surface area (Å²) in [5.41, 5.74) is 0. The van der Waals surface area contributed by atoms with Gasteiger partial charge in [0, 0.05) is 12.5 Å². The largest absolute Gasteiger partial charge is 0.396 e. The van der Waals surface area contributed by atoms with Crippen LogP contribution in [-0.4, -0.2) is 22.9 Å². The van der Waals surface area contributed by atoms with E-state index >= 15 is 0 Å². The maximum atomic E-state index is 9.78. The monoisotopic (exact) mass is 202 g/mol. The van der Waals surface area contributed by atoms with Crippen LogP contribution in [0.3, 0.4) is 0 Å². The minimum absolute atomic E-state index is 0.0987. The molecule has 86 valence electrons. The van der Waals surface area contributed by atoms with Crippen molar-refractivity contribution < 1.29 is 10.2 Å². The van der Waals surface area contributed by atoms with E-state index in [1.165, 1.54) is 19.3 Å². The normalized spacial score (nSPS) is 15.4. The van der Waals surface area contributed by atoms with Gasteiger partial charge in [0.1, 0.15) is 0 Å². The highest BCUT2D eigenvalue weighted by molar-refractivity contribution is 4.67. The van der Waals surface area contributed by atoms with Gasteiger partial charge in [0.25, 0.3) is 0 Å². The zero-order valence-corrected chi connectivity index (χ0v) is 9.71. The Balaban J connectivity index is 3.52. The molecule has 0 aliphatic carbocycles. The predicted molar refractivity (Wildman–Crippen MR) is 60.2 cm³/mol. The Morgan fingerprint density at radius 1 is 0.929 bits per heavy atom. The average molecular weight is 202 g/mol. The summed E-state index contributed by atoms with van der Waals surface area (Å²) >= 11 is 0. The molecule has 2 unspecified atom stereocenters. The van der Waals surface area contributed by atoms with Crippen molar-refractivity contribution in [3.05, 3.63) is 0 Å². The topological polar surface area (TPSA) is 40.5 Å². The SMILES string of the molecule is CCCCCCC(O)C(CO)CCC. The number of hydrogen-bond acceptors (Lipinski definition) is 2. The van der Waals surface area contributed by atoms with Gasteiger partial charge in [-0.25, -0.2) is 0 Å². The Hall–Kier alpha value is -0.0800. The zero-order valence-electron chi connectivity index (χ0n) is 9.71. The molecule has 2 atom stereocenters. The van der Waals surface area contributed by atoms with E-state index in [9.17, 15) is 5.11 Å². The van der Waals surface area contributed by atoms with Crippen LogP contribution in [0.2, 0.25) is 0 Å². The first-order valence-corrected chi connectivity index (χ1v) is 6.05. The molecule has 2 nitrogen and oxygen atoms in total. The average Bonchev–Trinajstić information content (AvgIpc) is 2.20. The van der Waals surface area contributed by atoms with E-state index in [0.29, 0.717) is 0 Å². The number of aliphatic hydroxyl groups excluding tert-OH is 2. The smallest absolute Gasteiger partial charge is 0.0590 e. The van der Waals surface area contributed by atoms with Crippen LogP contribution in [0.15, 0.2) is 0 Å². The fraction of sp³-hybridized carbons (Fsp3) is 1.00. The van der Waals surface area contributed by atoms with Crippen molar-refractivity contribution in [1.82, 2.24) is 0 Å². The Morgan fingerprint density at radius 3 is 2.14 bits per heavy atom. The van der Waals surface area contributed by atoms with Crippen molar-refractivity contribution in [3.63, 3.8) is 0 Å². The number of aliphatic hydroxyl groups is 2. The summed E-state index contributed by atoms with van der Waals surface area (Å²) in [4.78, 5) is 0. The molecule has 0 heterocycles. The van der Waals surface area contributed by atoms with Crippen LogP contribution in [0.4, 0.5) is 0 Å². The van der Waals surface area contributed by atoms with Crippen LogP contribution in [0, 0.1) is 5.92 Å². The summed E-state index contributed by atoms with van der Waals surface area (Å²) in [5.74, 6) is 0.0987. The summed E-state index contributed by atoms with van der Waals surface area (Å²) in [6, 6.07) is 0. The molecular weight excluding hydrogens is 176 g/mol. The van der Waals surface area contributed by atoms with Gasteiger partial charge in [-0.05, 0) is 12.8 Å². The first kappa shape index (κ1) is 13.9. The molecule has 0 rings (SSSR count). The van der Waals surface area contributed by atoms with Crippen LogP contribution in [0.25, 0.3) is 0 Å². The van der Waals surface area contributed by atoms with Gasteiger partial charge in [0.2, 0.25) is 0 Å². The molecule has 0 aliphatic rings. The summed E-state index contributed by atoms with van der Waals surface area (Å²) in [7, 11) is 0. The minimum atomic E-state index is -0.295. The van der Waals surface area contributed by atoms with Crippen LogP contribution >= 0.6 is 0 Å². The number of unbranched alkanes of at least 4 members (excludes halogenated alkanes) is 3. The first-order valence-electron chi connectivity index (χ1n) is 6.05. The third kappa shape index (κ3) is 6.39. The Morgan fingerprint density at radius 2 is 1.64 bits per heavy atom. The second-order valence-electron chi connectivity index (χ2n) is 4.15. The van der Waals surface area contributed by atoms with E-state index in [2.05, 4.69) is 13.8 Å². The Labute approximate surface area is 88.3 Å². The molecule has 0 saturated carbocycles.